The number of carbonyl (C=O) groups excluding carboxylic acids is 2. The second kappa shape index (κ2) is 18.5. The number of aliphatic hydroxyl groups excluding tert-OH is 5. The van der Waals surface area contributed by atoms with E-state index in [4.69, 9.17) is 24.7 Å². The molecule has 0 aliphatic carbocycles. The number of carboxylic acids is 1. The lowest BCUT2D eigenvalue weighted by Crippen LogP contribution is -2.61. The van der Waals surface area contributed by atoms with Crippen molar-refractivity contribution in [3.05, 3.63) is 60.8 Å². The number of hydrogen-bond acceptors (Lipinski definition) is 13. The molecule has 262 valence electrons. The molecule has 0 aromatic heterocycles. The van der Waals surface area contributed by atoms with E-state index in [1.54, 1.807) is 43.4 Å². The molecule has 2 saturated heterocycles. The number of ketones is 1. The number of cyclic esters (lactones) is 1. The zero-order valence-corrected chi connectivity index (χ0v) is 26.4. The molecule has 14 heteroatoms. The van der Waals surface area contributed by atoms with Crippen LogP contribution in [0, 0.1) is 5.92 Å². The highest BCUT2D eigenvalue weighted by molar-refractivity contribution is 5.82. The maximum Gasteiger partial charge on any atom is 0.330 e. The van der Waals surface area contributed by atoms with Crippen LogP contribution >= 0.6 is 0 Å². The lowest BCUT2D eigenvalue weighted by molar-refractivity contribution is -0.277. The summed E-state index contributed by atoms with van der Waals surface area (Å²) in [7, 11) is 0. The van der Waals surface area contributed by atoms with Gasteiger partial charge < -0.3 is 55.3 Å². The molecule has 13 atom stereocenters. The fraction of sp³-hybridized carbons (Fsp3) is 0.606. The number of epoxide rings is 1. The van der Waals surface area contributed by atoms with Gasteiger partial charge in [-0.05, 0) is 19.9 Å². The Morgan fingerprint density at radius 3 is 2.26 bits per heavy atom. The van der Waals surface area contributed by atoms with Crippen molar-refractivity contribution >= 4 is 17.7 Å². The third-order valence-electron chi connectivity index (χ3n) is 8.05. The van der Waals surface area contributed by atoms with Gasteiger partial charge in [-0.25, -0.2) is 4.79 Å². The Hall–Kier alpha value is -3.05. The first-order chi connectivity index (χ1) is 22.3. The van der Waals surface area contributed by atoms with Gasteiger partial charge in [0.1, 0.15) is 30.0 Å². The molecule has 3 rings (SSSR count). The van der Waals surface area contributed by atoms with Gasteiger partial charge in [-0.1, -0.05) is 48.6 Å². The Kier molecular flexibility index (Phi) is 15.1. The molecule has 0 aromatic carbocycles. The number of carboxylic acid groups (broad SMARTS) is 1. The summed E-state index contributed by atoms with van der Waals surface area (Å²) in [6.07, 6.45) is 3.57. The average molecular weight is 666 g/mol. The van der Waals surface area contributed by atoms with Crippen LogP contribution in [0.4, 0.5) is 0 Å². The van der Waals surface area contributed by atoms with Gasteiger partial charge in [-0.2, -0.15) is 0 Å². The van der Waals surface area contributed by atoms with Crippen LogP contribution in [-0.2, 0) is 33.3 Å². The second-order valence-electron chi connectivity index (χ2n) is 12.1. The maximum absolute atomic E-state index is 12.6. The number of fused-ring (bicyclic) bond motifs is 1. The van der Waals surface area contributed by atoms with Gasteiger partial charge in [0.2, 0.25) is 0 Å². The van der Waals surface area contributed by atoms with Gasteiger partial charge in [0, 0.05) is 38.2 Å². The van der Waals surface area contributed by atoms with Crippen LogP contribution in [0.15, 0.2) is 60.8 Å². The van der Waals surface area contributed by atoms with Crippen LogP contribution in [0.25, 0.3) is 0 Å². The van der Waals surface area contributed by atoms with E-state index in [9.17, 15) is 45.0 Å². The molecule has 3 heterocycles. The van der Waals surface area contributed by atoms with E-state index < -0.39 is 97.3 Å². The van der Waals surface area contributed by atoms with E-state index in [1.807, 2.05) is 6.08 Å². The minimum Gasteiger partial charge on any atom is -0.481 e. The molecule has 0 spiro atoms. The number of carbonyl (C=O) groups is 3. The Morgan fingerprint density at radius 2 is 1.55 bits per heavy atom. The normalized spacial score (nSPS) is 43.4. The highest BCUT2D eigenvalue weighted by Crippen LogP contribution is 2.29. The largest absolute Gasteiger partial charge is 0.481 e. The summed E-state index contributed by atoms with van der Waals surface area (Å²) in [5.41, 5.74) is 5.91. The Morgan fingerprint density at radius 1 is 0.872 bits per heavy atom. The van der Waals surface area contributed by atoms with E-state index in [0.29, 0.717) is 6.42 Å². The molecule has 0 radical (unpaired) electrons. The molecular weight excluding hydrogens is 618 g/mol. The number of esters is 1. The third kappa shape index (κ3) is 12.5. The van der Waals surface area contributed by atoms with Crippen molar-refractivity contribution in [2.45, 2.75) is 119 Å². The van der Waals surface area contributed by atoms with Gasteiger partial charge in [-0.3, -0.25) is 9.59 Å². The first-order valence-electron chi connectivity index (χ1n) is 15.7. The van der Waals surface area contributed by atoms with Crippen LogP contribution in [0.5, 0.6) is 0 Å². The first-order valence-corrected chi connectivity index (χ1v) is 15.7. The quantitative estimate of drug-likeness (QED) is 0.155. The molecule has 0 aromatic rings. The number of hydrogen-bond donors (Lipinski definition) is 7. The van der Waals surface area contributed by atoms with Crippen molar-refractivity contribution < 1.29 is 64.0 Å². The predicted octanol–water partition coefficient (Wildman–Crippen LogP) is -0.0377. The van der Waals surface area contributed by atoms with Crippen LogP contribution in [0.1, 0.15) is 46.0 Å². The standard InChI is InChI=1S/C33H47NO13/c1-18-10-8-6-4-3-5-7-9-11-22(46-33-31(41)29(34)30(40)19(2)45-33)17-24(38)28(32(42)43)23(37)15-20(35)14-21(36)16-26-25(47-26)12-13-27(39)44-18/h3-9,11-13,18-19,21-26,28-31,33,36-38,40-41H,10,14-17,34H2,1-2H3,(H,42,43)/b4-3+,7-5+,8-6+,11-9+,13-12+/t18-,19-,21-,22-,23+,24-,25-,26+,28+,29+,30+,31+,33-/m0/s1. The topological polar surface area (TPSA) is 239 Å². The third-order valence-corrected chi connectivity index (χ3v) is 8.05. The zero-order chi connectivity index (χ0) is 34.7. The Balaban J connectivity index is 1.79. The monoisotopic (exact) mass is 665 g/mol. The molecule has 0 saturated carbocycles. The lowest BCUT2D eigenvalue weighted by atomic mass is 9.88. The van der Waals surface area contributed by atoms with Gasteiger partial charge in [-0.15, -0.1) is 0 Å². The molecule has 2 fully saturated rings. The SMILES string of the molecule is C[C@@H]1O[C@@H](O[C@H]2/C=C/C=C/C=C/C=C/C[C@H](C)OC(=O)/C=C/[C@@H]3O[C@@H]3C[C@@H](O)CC(=O)C[C@@H](O)[C@@H](C(=O)O)[C@@H](O)C2)[C@H](O)[C@H](N)[C@@H]1O. The minimum atomic E-state index is -1.80. The number of nitrogens with two attached hydrogens (primary N) is 1. The highest BCUT2D eigenvalue weighted by atomic mass is 16.7. The Labute approximate surface area is 273 Å². The predicted molar refractivity (Wildman–Crippen MR) is 166 cm³/mol. The molecule has 0 unspecified atom stereocenters. The lowest BCUT2D eigenvalue weighted by Gasteiger charge is -2.41. The molecule has 14 nitrogen and oxygen atoms in total. The van der Waals surface area contributed by atoms with E-state index in [2.05, 4.69) is 0 Å². The summed E-state index contributed by atoms with van der Waals surface area (Å²) in [6, 6.07) is -1.10. The summed E-state index contributed by atoms with van der Waals surface area (Å²) in [5, 5.41) is 62.6. The summed E-state index contributed by atoms with van der Waals surface area (Å²) in [5.74, 6) is -4.54. The summed E-state index contributed by atoms with van der Waals surface area (Å²) >= 11 is 0. The van der Waals surface area contributed by atoms with Crippen LogP contribution in [0.2, 0.25) is 0 Å². The van der Waals surface area contributed by atoms with Gasteiger partial charge in [0.15, 0.2) is 6.29 Å². The minimum absolute atomic E-state index is 0.0692. The van der Waals surface area contributed by atoms with Crippen LogP contribution in [0.3, 0.4) is 0 Å². The van der Waals surface area contributed by atoms with Gasteiger partial charge in [0.05, 0.1) is 48.8 Å². The molecule has 47 heavy (non-hydrogen) atoms. The number of allylic oxidation sites excluding steroid dienone is 6. The molecule has 8 N–H and O–H groups in total. The van der Waals surface area contributed by atoms with Crippen LogP contribution in [-0.4, -0.2) is 122 Å². The number of ether oxygens (including phenoxy) is 4. The number of aliphatic hydroxyl groups is 5. The molecule has 0 bridgehead atoms. The van der Waals surface area contributed by atoms with Gasteiger partial charge in [0.25, 0.3) is 0 Å². The Bertz CT molecular complexity index is 1200. The van der Waals surface area contributed by atoms with Crippen molar-refractivity contribution in [2.24, 2.45) is 11.7 Å². The van der Waals surface area contributed by atoms with E-state index >= 15 is 0 Å². The van der Waals surface area contributed by atoms with Crippen molar-refractivity contribution in [3.63, 3.8) is 0 Å². The number of rotatable bonds is 3. The summed E-state index contributed by atoms with van der Waals surface area (Å²) < 4.78 is 22.2. The highest BCUT2D eigenvalue weighted by Gasteiger charge is 2.43. The van der Waals surface area contributed by atoms with E-state index in [0.717, 1.165) is 0 Å². The first kappa shape index (κ1) is 38.4. The van der Waals surface area contributed by atoms with Gasteiger partial charge >= 0.3 is 11.9 Å². The second-order valence-corrected chi connectivity index (χ2v) is 12.1. The molecular formula is C33H47NO13. The summed E-state index contributed by atoms with van der Waals surface area (Å²) in [6.45, 7) is 3.29. The zero-order valence-electron chi connectivity index (χ0n) is 26.4. The van der Waals surface area contributed by atoms with E-state index in [-0.39, 0.29) is 25.4 Å². The van der Waals surface area contributed by atoms with E-state index in [1.165, 1.54) is 25.2 Å². The summed E-state index contributed by atoms with van der Waals surface area (Å²) in [4.78, 5) is 36.9. The smallest absolute Gasteiger partial charge is 0.330 e. The fourth-order valence-electron chi connectivity index (χ4n) is 5.33. The average Bonchev–Trinajstić information content (AvgIpc) is 3.72. The number of aliphatic carboxylic acids is 1. The maximum atomic E-state index is 12.6. The van der Waals surface area contributed by atoms with Crippen molar-refractivity contribution in [1.29, 1.82) is 0 Å². The fourth-order valence-corrected chi connectivity index (χ4v) is 5.33. The van der Waals surface area contributed by atoms with Crippen molar-refractivity contribution in [1.82, 2.24) is 0 Å². The van der Waals surface area contributed by atoms with Crippen molar-refractivity contribution in [2.75, 3.05) is 0 Å². The molecule has 3 aliphatic rings. The number of Topliss-reactive ketones (excluding diaryl/α,β-unsaturated/α-hetero) is 1. The molecule has 3 aliphatic heterocycles. The van der Waals surface area contributed by atoms with Crippen LogP contribution < -0.4 is 5.73 Å². The molecule has 0 amide bonds. The van der Waals surface area contributed by atoms with Crippen molar-refractivity contribution in [3.8, 4) is 0 Å².